The van der Waals surface area contributed by atoms with Crippen LogP contribution in [-0.4, -0.2) is 30.8 Å². The number of unbranched alkanes of at least 4 members (excludes halogenated alkanes) is 2. The molecule has 2 aliphatic carbocycles. The standard InChI is InChI=1S/C41H65NO/c1-33(2)15-13-20-38-25-23-37(24-26-38)19-10-8-9-17-35(5)31-42(7)32-41(43)22-12-11-18-36(6)40-29-27-39(28-30-40)21-14-16-34(3)4/h10,15-16,19,25,27,37,40H,5-6,8-9,11-14,17-18,20-24,26,28-32H2,1-4,7H3/b19-10+. The van der Waals surface area contributed by atoms with Crippen LogP contribution in [0.4, 0.5) is 0 Å². The average molecular weight is 588 g/mol. The van der Waals surface area contributed by atoms with Crippen LogP contribution in [0.1, 0.15) is 137 Å². The Kier molecular flexibility index (Phi) is 18.5. The number of allylic oxidation sites excluding steroid dienone is 11. The number of Topliss-reactive ketones (excluding diaryl/α,β-unsaturated/α-hetero) is 1. The molecule has 2 atom stereocenters. The van der Waals surface area contributed by atoms with Crippen molar-refractivity contribution in [2.75, 3.05) is 20.1 Å². The van der Waals surface area contributed by atoms with Gasteiger partial charge in [-0.05, 0) is 149 Å². The van der Waals surface area contributed by atoms with Gasteiger partial charge >= 0.3 is 0 Å². The second kappa shape index (κ2) is 21.5. The summed E-state index contributed by atoms with van der Waals surface area (Å²) in [5, 5.41) is 0. The molecule has 0 amide bonds. The first-order chi connectivity index (χ1) is 20.6. The van der Waals surface area contributed by atoms with E-state index in [0.29, 0.717) is 30.6 Å². The Morgan fingerprint density at radius 3 is 2.02 bits per heavy atom. The van der Waals surface area contributed by atoms with Gasteiger partial charge in [0.1, 0.15) is 5.78 Å². The van der Waals surface area contributed by atoms with Gasteiger partial charge in [0.25, 0.3) is 0 Å². The molecular weight excluding hydrogens is 522 g/mol. The molecule has 0 aromatic heterocycles. The third-order valence-electron chi connectivity index (χ3n) is 9.12. The summed E-state index contributed by atoms with van der Waals surface area (Å²) in [5.41, 5.74) is 8.76. The number of carbonyl (C=O) groups excluding carboxylic acids is 1. The predicted molar refractivity (Wildman–Crippen MR) is 190 cm³/mol. The van der Waals surface area contributed by atoms with Crippen LogP contribution in [0.15, 0.2) is 83.1 Å². The molecule has 2 nitrogen and oxygen atoms in total. The fourth-order valence-electron chi connectivity index (χ4n) is 6.42. The van der Waals surface area contributed by atoms with E-state index in [1.165, 1.54) is 80.1 Å². The lowest BCUT2D eigenvalue weighted by molar-refractivity contribution is -0.119. The van der Waals surface area contributed by atoms with E-state index in [9.17, 15) is 4.79 Å². The topological polar surface area (TPSA) is 20.3 Å². The van der Waals surface area contributed by atoms with Crippen LogP contribution in [0.3, 0.4) is 0 Å². The van der Waals surface area contributed by atoms with Crippen molar-refractivity contribution in [3.05, 3.63) is 83.1 Å². The van der Waals surface area contributed by atoms with Crippen LogP contribution in [0.2, 0.25) is 0 Å². The highest BCUT2D eigenvalue weighted by molar-refractivity contribution is 5.80. The highest BCUT2D eigenvalue weighted by Crippen LogP contribution is 2.32. The summed E-state index contributed by atoms with van der Waals surface area (Å²) in [5.74, 6) is 1.70. The van der Waals surface area contributed by atoms with Crippen molar-refractivity contribution >= 4 is 5.78 Å². The Labute approximate surface area is 266 Å². The molecule has 0 heterocycles. The van der Waals surface area contributed by atoms with Gasteiger partial charge < -0.3 is 0 Å². The minimum Gasteiger partial charge on any atom is -0.298 e. The number of hydrogen-bond acceptors (Lipinski definition) is 2. The number of carbonyl (C=O) groups is 1. The third-order valence-corrected chi connectivity index (χ3v) is 9.12. The van der Waals surface area contributed by atoms with Crippen LogP contribution in [0.25, 0.3) is 0 Å². The molecule has 0 saturated carbocycles. The molecule has 0 aliphatic heterocycles. The maximum absolute atomic E-state index is 12.6. The maximum Gasteiger partial charge on any atom is 0.146 e. The van der Waals surface area contributed by atoms with Crippen molar-refractivity contribution < 1.29 is 4.79 Å². The molecule has 0 bridgehead atoms. The Balaban J connectivity index is 1.50. The molecule has 0 aromatic rings. The minimum atomic E-state index is 0.354. The Hall–Kier alpha value is -2.19. The first-order valence-corrected chi connectivity index (χ1v) is 17.5. The highest BCUT2D eigenvalue weighted by atomic mass is 16.1. The molecular formula is C41H65NO. The number of hydrogen-bond donors (Lipinski definition) is 0. The molecule has 2 unspecified atom stereocenters. The van der Waals surface area contributed by atoms with Crippen molar-refractivity contribution in [1.82, 2.24) is 4.90 Å². The van der Waals surface area contributed by atoms with Crippen molar-refractivity contribution in [2.24, 2.45) is 11.8 Å². The molecule has 0 N–H and O–H groups in total. The first-order valence-electron chi connectivity index (χ1n) is 17.5. The van der Waals surface area contributed by atoms with E-state index in [2.05, 4.69) is 89.3 Å². The SMILES string of the molecule is C=C(CCC/C=C/C1CC=C(CCC=C(C)C)CC1)CN(C)CC(=O)CCCCC(=C)C1CC=C(CCC=C(C)C)CC1. The van der Waals surface area contributed by atoms with Crippen molar-refractivity contribution in [1.29, 1.82) is 0 Å². The van der Waals surface area contributed by atoms with Gasteiger partial charge in [-0.25, -0.2) is 0 Å². The second-order valence-corrected chi connectivity index (χ2v) is 14.0. The number of ketones is 1. The van der Waals surface area contributed by atoms with Gasteiger partial charge in [0.2, 0.25) is 0 Å². The summed E-state index contributed by atoms with van der Waals surface area (Å²) in [4.78, 5) is 14.7. The van der Waals surface area contributed by atoms with E-state index in [-0.39, 0.29) is 0 Å². The van der Waals surface area contributed by atoms with Crippen LogP contribution in [-0.2, 0) is 4.79 Å². The van der Waals surface area contributed by atoms with Gasteiger partial charge in [0, 0.05) is 13.0 Å². The van der Waals surface area contributed by atoms with E-state index in [1.54, 1.807) is 11.1 Å². The molecule has 2 rings (SSSR count). The Morgan fingerprint density at radius 2 is 1.44 bits per heavy atom. The number of likely N-dealkylation sites (N-methyl/N-ethyl adjacent to an activating group) is 1. The molecule has 2 aliphatic rings. The van der Waals surface area contributed by atoms with Gasteiger partial charge in [-0.15, -0.1) is 0 Å². The number of rotatable bonds is 21. The molecule has 240 valence electrons. The summed E-state index contributed by atoms with van der Waals surface area (Å²) < 4.78 is 0. The fourth-order valence-corrected chi connectivity index (χ4v) is 6.42. The molecule has 0 fully saturated rings. The van der Waals surface area contributed by atoms with Gasteiger partial charge in [-0.2, -0.15) is 0 Å². The first kappa shape index (κ1) is 37.0. The zero-order valence-corrected chi connectivity index (χ0v) is 28.8. The lowest BCUT2D eigenvalue weighted by atomic mass is 9.82. The fraction of sp³-hybridized carbons (Fsp3) is 0.634. The molecule has 0 radical (unpaired) electrons. The normalized spacial score (nSPS) is 18.7. The molecule has 0 saturated heterocycles. The second-order valence-electron chi connectivity index (χ2n) is 14.0. The van der Waals surface area contributed by atoms with Crippen molar-refractivity contribution in [3.8, 4) is 0 Å². The highest BCUT2D eigenvalue weighted by Gasteiger charge is 2.17. The monoisotopic (exact) mass is 588 g/mol. The van der Waals surface area contributed by atoms with Crippen LogP contribution >= 0.6 is 0 Å². The van der Waals surface area contributed by atoms with E-state index >= 15 is 0 Å². The minimum absolute atomic E-state index is 0.354. The molecule has 0 aromatic carbocycles. The average Bonchev–Trinajstić information content (AvgIpc) is 2.95. The largest absolute Gasteiger partial charge is 0.298 e. The predicted octanol–water partition coefficient (Wildman–Crippen LogP) is 11.8. The van der Waals surface area contributed by atoms with Crippen molar-refractivity contribution in [2.45, 2.75) is 137 Å². The lowest BCUT2D eigenvalue weighted by Crippen LogP contribution is -2.27. The summed E-state index contributed by atoms with van der Waals surface area (Å²) in [6.07, 6.45) is 33.8. The summed E-state index contributed by atoms with van der Waals surface area (Å²) >= 11 is 0. The van der Waals surface area contributed by atoms with Gasteiger partial charge in [0.05, 0.1) is 6.54 Å². The van der Waals surface area contributed by atoms with Gasteiger partial charge in [-0.3, -0.25) is 9.69 Å². The lowest BCUT2D eigenvalue weighted by Gasteiger charge is -2.24. The zero-order chi connectivity index (χ0) is 31.5. The zero-order valence-electron chi connectivity index (χ0n) is 28.8. The van der Waals surface area contributed by atoms with E-state index in [4.69, 9.17) is 0 Å². The van der Waals surface area contributed by atoms with E-state index in [0.717, 1.165) is 51.5 Å². The van der Waals surface area contributed by atoms with Crippen molar-refractivity contribution in [3.63, 3.8) is 0 Å². The van der Waals surface area contributed by atoms with Gasteiger partial charge in [0.15, 0.2) is 0 Å². The quantitative estimate of drug-likeness (QED) is 0.0983. The van der Waals surface area contributed by atoms with Crippen LogP contribution in [0, 0.1) is 11.8 Å². The summed E-state index contributed by atoms with van der Waals surface area (Å²) in [7, 11) is 2.06. The molecule has 43 heavy (non-hydrogen) atoms. The Morgan fingerprint density at radius 1 is 0.814 bits per heavy atom. The van der Waals surface area contributed by atoms with E-state index in [1.807, 2.05) is 0 Å². The summed E-state index contributed by atoms with van der Waals surface area (Å²) in [6.45, 7) is 18.8. The number of nitrogens with zero attached hydrogens (tertiary/aromatic N) is 1. The summed E-state index contributed by atoms with van der Waals surface area (Å²) in [6, 6.07) is 0. The Bertz CT molecular complexity index is 1020. The molecule has 2 heteroatoms. The van der Waals surface area contributed by atoms with Gasteiger partial charge in [-0.1, -0.05) is 83.1 Å². The van der Waals surface area contributed by atoms with Crippen LogP contribution < -0.4 is 0 Å². The smallest absolute Gasteiger partial charge is 0.146 e. The molecule has 0 spiro atoms. The third kappa shape index (κ3) is 17.6. The van der Waals surface area contributed by atoms with E-state index < -0.39 is 0 Å². The maximum atomic E-state index is 12.6. The van der Waals surface area contributed by atoms with Crippen LogP contribution in [0.5, 0.6) is 0 Å².